The lowest BCUT2D eigenvalue weighted by Gasteiger charge is -2.41. The fraction of sp³-hybridized carbons (Fsp3) is 0.233. The molecule has 1 amide bonds. The van der Waals surface area contributed by atoms with Crippen LogP contribution in [0.3, 0.4) is 0 Å². The van der Waals surface area contributed by atoms with Gasteiger partial charge in [0.05, 0.1) is 28.3 Å². The van der Waals surface area contributed by atoms with Gasteiger partial charge in [0.15, 0.2) is 5.69 Å². The molecule has 2 aliphatic rings. The first-order valence-electron chi connectivity index (χ1n) is 13.1. The second-order valence-corrected chi connectivity index (χ2v) is 10.2. The van der Waals surface area contributed by atoms with Crippen molar-refractivity contribution < 1.29 is 22.4 Å². The van der Waals surface area contributed by atoms with Gasteiger partial charge < -0.3 is 15.1 Å². The van der Waals surface area contributed by atoms with Crippen LogP contribution in [0, 0.1) is 5.82 Å². The standard InChI is InChI=1S/C30H26F4N6O/c1-18-14-21(39-19(2)36-25-7-3-4-8-27(25)39)11-13-38(18)29(41)26-16-28(20-6-5-12-35-17-20)40(37-26)22-9-10-23(24(31)15-22)30(32,33)34/h3-10,12,15-18,21,36H,2,11,13-14H2,1H3. The van der Waals surface area contributed by atoms with Crippen LogP contribution in [0.1, 0.15) is 35.8 Å². The number of fused-ring (bicyclic) bond motifs is 1. The number of amides is 1. The number of nitrogens with zero attached hydrogens (tertiary/aromatic N) is 5. The van der Waals surface area contributed by atoms with E-state index in [9.17, 15) is 22.4 Å². The summed E-state index contributed by atoms with van der Waals surface area (Å²) in [5.74, 6) is -0.941. The molecule has 1 fully saturated rings. The van der Waals surface area contributed by atoms with Gasteiger partial charge in [0, 0.05) is 42.7 Å². The Labute approximate surface area is 233 Å². The quantitative estimate of drug-likeness (QED) is 0.288. The second kappa shape index (κ2) is 10.1. The minimum Gasteiger partial charge on any atom is -0.340 e. The van der Waals surface area contributed by atoms with Crippen molar-refractivity contribution in [1.29, 1.82) is 0 Å². The third-order valence-corrected chi connectivity index (χ3v) is 7.60. The maximum absolute atomic E-state index is 14.5. The Morgan fingerprint density at radius 1 is 1.10 bits per heavy atom. The van der Waals surface area contributed by atoms with Crippen LogP contribution in [-0.4, -0.2) is 44.2 Å². The molecule has 2 aromatic carbocycles. The van der Waals surface area contributed by atoms with E-state index >= 15 is 0 Å². The van der Waals surface area contributed by atoms with Crippen LogP contribution in [0.25, 0.3) is 16.9 Å². The third kappa shape index (κ3) is 4.81. The molecule has 2 aromatic heterocycles. The van der Waals surface area contributed by atoms with Crippen molar-refractivity contribution in [3.63, 3.8) is 0 Å². The minimum absolute atomic E-state index is 0.0545. The minimum atomic E-state index is -4.83. The molecule has 6 rings (SSSR count). The maximum Gasteiger partial charge on any atom is 0.419 e. The summed E-state index contributed by atoms with van der Waals surface area (Å²) in [6, 6.07) is 15.6. The zero-order chi connectivity index (χ0) is 28.9. The molecule has 2 aliphatic heterocycles. The highest BCUT2D eigenvalue weighted by Crippen LogP contribution is 2.40. The Morgan fingerprint density at radius 2 is 1.90 bits per heavy atom. The average Bonchev–Trinajstić information content (AvgIpc) is 3.53. The molecule has 2 unspecified atom stereocenters. The zero-order valence-corrected chi connectivity index (χ0v) is 22.1. The number of anilines is 2. The Morgan fingerprint density at radius 3 is 2.61 bits per heavy atom. The monoisotopic (exact) mass is 562 g/mol. The summed E-state index contributed by atoms with van der Waals surface area (Å²) in [6.45, 7) is 6.63. The summed E-state index contributed by atoms with van der Waals surface area (Å²) in [6.07, 6.45) is -0.317. The van der Waals surface area contributed by atoms with E-state index in [1.165, 1.54) is 4.68 Å². The molecule has 0 spiro atoms. The molecular formula is C30H26F4N6O. The number of nitrogens with one attached hydrogen (secondary N) is 1. The van der Waals surface area contributed by atoms with Crippen LogP contribution in [0.4, 0.5) is 28.9 Å². The Kier molecular flexibility index (Phi) is 6.51. The van der Waals surface area contributed by atoms with Crippen LogP contribution in [0.15, 0.2) is 85.5 Å². The van der Waals surface area contributed by atoms with Crippen LogP contribution in [-0.2, 0) is 6.18 Å². The molecule has 7 nitrogen and oxygen atoms in total. The number of piperidine rings is 1. The van der Waals surface area contributed by atoms with E-state index in [1.54, 1.807) is 35.5 Å². The first kappa shape index (κ1) is 26.5. The van der Waals surface area contributed by atoms with E-state index in [-0.39, 0.29) is 29.4 Å². The van der Waals surface area contributed by atoms with E-state index < -0.39 is 17.6 Å². The SMILES string of the molecule is C=C1Nc2ccccc2N1C1CCN(C(=O)c2cc(-c3cccnc3)n(-c3ccc(C(F)(F)F)c(F)c3)n2)C(C)C1. The summed E-state index contributed by atoms with van der Waals surface area (Å²) in [5.41, 5.74) is 1.81. The molecule has 0 radical (unpaired) electrons. The molecule has 11 heteroatoms. The van der Waals surface area contributed by atoms with Gasteiger partial charge in [-0.25, -0.2) is 9.07 Å². The normalized spacial score (nSPS) is 18.8. The van der Waals surface area contributed by atoms with Gasteiger partial charge >= 0.3 is 6.18 Å². The molecule has 0 saturated carbocycles. The number of aromatic nitrogens is 3. The lowest BCUT2D eigenvalue weighted by molar-refractivity contribution is -0.140. The summed E-state index contributed by atoms with van der Waals surface area (Å²) in [7, 11) is 0. The van der Waals surface area contributed by atoms with Crippen molar-refractivity contribution in [1.82, 2.24) is 19.7 Å². The lowest BCUT2D eigenvalue weighted by Crippen LogP contribution is -2.50. The largest absolute Gasteiger partial charge is 0.419 e. The first-order valence-corrected chi connectivity index (χ1v) is 13.1. The smallest absolute Gasteiger partial charge is 0.340 e. The van der Waals surface area contributed by atoms with Crippen molar-refractivity contribution in [2.24, 2.45) is 0 Å². The van der Waals surface area contributed by atoms with Crippen molar-refractivity contribution >= 4 is 17.3 Å². The number of hydrogen-bond donors (Lipinski definition) is 1. The molecule has 0 bridgehead atoms. The van der Waals surface area contributed by atoms with Crippen molar-refractivity contribution in [3.05, 3.63) is 103 Å². The number of para-hydroxylation sites is 2. The van der Waals surface area contributed by atoms with Gasteiger partial charge in [-0.1, -0.05) is 18.7 Å². The summed E-state index contributed by atoms with van der Waals surface area (Å²) >= 11 is 0. The molecule has 1 saturated heterocycles. The predicted octanol–water partition coefficient (Wildman–Crippen LogP) is 6.49. The molecule has 41 heavy (non-hydrogen) atoms. The molecule has 1 N–H and O–H groups in total. The van der Waals surface area contributed by atoms with Gasteiger partial charge in [0.2, 0.25) is 0 Å². The predicted molar refractivity (Wildman–Crippen MR) is 147 cm³/mol. The summed E-state index contributed by atoms with van der Waals surface area (Å²) < 4.78 is 55.3. The zero-order valence-electron chi connectivity index (χ0n) is 22.1. The Balaban J connectivity index is 1.29. The fourth-order valence-electron chi connectivity index (χ4n) is 5.67. The van der Waals surface area contributed by atoms with Crippen molar-refractivity contribution in [3.8, 4) is 16.9 Å². The third-order valence-electron chi connectivity index (χ3n) is 7.60. The Bertz CT molecular complexity index is 1630. The number of halogens is 4. The molecule has 2 atom stereocenters. The van der Waals surface area contributed by atoms with Gasteiger partial charge in [-0.05, 0) is 62.2 Å². The topological polar surface area (TPSA) is 66.3 Å². The second-order valence-electron chi connectivity index (χ2n) is 10.2. The Hall–Kier alpha value is -4.67. The molecule has 4 aromatic rings. The van der Waals surface area contributed by atoms with Crippen LogP contribution >= 0.6 is 0 Å². The average molecular weight is 563 g/mol. The number of pyridine rings is 1. The molecule has 210 valence electrons. The van der Waals surface area contributed by atoms with Gasteiger partial charge in [-0.2, -0.15) is 18.3 Å². The van der Waals surface area contributed by atoms with Gasteiger partial charge in [-0.3, -0.25) is 9.78 Å². The molecule has 4 heterocycles. The van der Waals surface area contributed by atoms with E-state index in [2.05, 4.69) is 26.9 Å². The number of rotatable bonds is 4. The van der Waals surface area contributed by atoms with Gasteiger partial charge in [0.25, 0.3) is 5.91 Å². The van der Waals surface area contributed by atoms with Gasteiger partial charge in [-0.15, -0.1) is 0 Å². The molecule has 0 aliphatic carbocycles. The summed E-state index contributed by atoms with van der Waals surface area (Å²) in [4.78, 5) is 21.8. The van der Waals surface area contributed by atoms with Gasteiger partial charge in [0.1, 0.15) is 11.6 Å². The van der Waals surface area contributed by atoms with E-state index in [0.717, 1.165) is 29.3 Å². The highest BCUT2D eigenvalue weighted by Gasteiger charge is 2.37. The number of benzene rings is 2. The number of carbonyl (C=O) groups is 1. The molecular weight excluding hydrogens is 536 g/mol. The van der Waals surface area contributed by atoms with Crippen LogP contribution in [0.2, 0.25) is 0 Å². The van der Waals surface area contributed by atoms with Crippen LogP contribution < -0.4 is 10.2 Å². The maximum atomic E-state index is 14.5. The van der Waals surface area contributed by atoms with E-state index in [1.807, 2.05) is 31.2 Å². The number of hydrogen-bond acceptors (Lipinski definition) is 5. The van der Waals surface area contributed by atoms with E-state index in [4.69, 9.17) is 0 Å². The first-order chi connectivity index (χ1) is 19.6. The highest BCUT2D eigenvalue weighted by atomic mass is 19.4. The van der Waals surface area contributed by atoms with Crippen LogP contribution in [0.5, 0.6) is 0 Å². The van der Waals surface area contributed by atoms with Crippen molar-refractivity contribution in [2.75, 3.05) is 16.8 Å². The highest BCUT2D eigenvalue weighted by molar-refractivity contribution is 5.94. The summed E-state index contributed by atoms with van der Waals surface area (Å²) in [5, 5.41) is 7.77. The van der Waals surface area contributed by atoms with E-state index in [0.29, 0.717) is 36.7 Å². The lowest BCUT2D eigenvalue weighted by atomic mass is 9.96. The number of likely N-dealkylation sites (tertiary alicyclic amines) is 1. The van der Waals surface area contributed by atoms with Crippen molar-refractivity contribution in [2.45, 2.75) is 38.0 Å². The fourth-order valence-corrected chi connectivity index (χ4v) is 5.67. The number of carbonyl (C=O) groups excluding carboxylic acids is 1. The number of alkyl halides is 3.